The zero-order chi connectivity index (χ0) is 18.4. The predicted molar refractivity (Wildman–Crippen MR) is 102 cm³/mol. The molecule has 0 atom stereocenters. The lowest BCUT2D eigenvalue weighted by Crippen LogP contribution is -2.48. The van der Waals surface area contributed by atoms with Crippen molar-refractivity contribution in [2.45, 2.75) is 13.0 Å². The minimum absolute atomic E-state index is 0.164. The van der Waals surface area contributed by atoms with Gasteiger partial charge < -0.3 is 14.4 Å². The summed E-state index contributed by atoms with van der Waals surface area (Å²) in [5, 5.41) is 0. The number of methoxy groups -OCH3 is 2. The lowest BCUT2D eigenvalue weighted by molar-refractivity contribution is -0.132. The van der Waals surface area contributed by atoms with Gasteiger partial charge in [-0.15, -0.1) is 0 Å². The second-order valence-electron chi connectivity index (χ2n) is 6.51. The molecular formula is C21H26N2O3. The summed E-state index contributed by atoms with van der Waals surface area (Å²) in [6.45, 7) is 4.32. The first-order valence-electron chi connectivity index (χ1n) is 8.94. The van der Waals surface area contributed by atoms with Crippen LogP contribution in [0.3, 0.4) is 0 Å². The van der Waals surface area contributed by atoms with Crippen LogP contribution in [0.25, 0.3) is 0 Å². The average Bonchev–Trinajstić information content (AvgIpc) is 2.69. The summed E-state index contributed by atoms with van der Waals surface area (Å²) in [6, 6.07) is 16.1. The number of carbonyl (C=O) groups is 1. The molecule has 5 nitrogen and oxygen atoms in total. The minimum atomic E-state index is 0.164. The topological polar surface area (TPSA) is 42.0 Å². The minimum Gasteiger partial charge on any atom is -0.493 e. The number of nitrogens with zero attached hydrogens (tertiary/aromatic N) is 2. The van der Waals surface area contributed by atoms with Crippen LogP contribution >= 0.6 is 0 Å². The van der Waals surface area contributed by atoms with Gasteiger partial charge in [-0.2, -0.15) is 0 Å². The molecule has 0 radical (unpaired) electrons. The van der Waals surface area contributed by atoms with Gasteiger partial charge in [-0.25, -0.2) is 0 Å². The molecule has 0 spiro atoms. The summed E-state index contributed by atoms with van der Waals surface area (Å²) >= 11 is 0. The fourth-order valence-corrected chi connectivity index (χ4v) is 3.27. The number of hydrogen-bond acceptors (Lipinski definition) is 4. The molecule has 1 saturated heterocycles. The molecule has 2 aromatic rings. The van der Waals surface area contributed by atoms with Gasteiger partial charge in [-0.05, 0) is 23.3 Å². The van der Waals surface area contributed by atoms with E-state index in [0.717, 1.165) is 38.3 Å². The predicted octanol–water partition coefficient (Wildman–Crippen LogP) is 2.59. The Balaban J connectivity index is 1.52. The van der Waals surface area contributed by atoms with Crippen LogP contribution in [0.4, 0.5) is 0 Å². The van der Waals surface area contributed by atoms with Crippen LogP contribution in [-0.4, -0.2) is 56.1 Å². The van der Waals surface area contributed by atoms with Crippen molar-refractivity contribution in [2.24, 2.45) is 0 Å². The van der Waals surface area contributed by atoms with Gasteiger partial charge in [0.15, 0.2) is 11.5 Å². The van der Waals surface area contributed by atoms with Crippen molar-refractivity contribution >= 4 is 5.91 Å². The maximum Gasteiger partial charge on any atom is 0.227 e. The van der Waals surface area contributed by atoms with Gasteiger partial charge in [0, 0.05) is 32.7 Å². The van der Waals surface area contributed by atoms with Crippen molar-refractivity contribution in [3.63, 3.8) is 0 Å². The van der Waals surface area contributed by atoms with Crippen molar-refractivity contribution in [2.75, 3.05) is 40.4 Å². The quantitative estimate of drug-likeness (QED) is 0.800. The fraction of sp³-hybridized carbons (Fsp3) is 0.381. The number of piperazine rings is 1. The van der Waals surface area contributed by atoms with Gasteiger partial charge in [-0.3, -0.25) is 9.69 Å². The van der Waals surface area contributed by atoms with Gasteiger partial charge in [0.2, 0.25) is 5.91 Å². The van der Waals surface area contributed by atoms with Crippen molar-refractivity contribution in [1.82, 2.24) is 9.80 Å². The Morgan fingerprint density at radius 3 is 2.23 bits per heavy atom. The van der Waals surface area contributed by atoms with E-state index < -0.39 is 0 Å². The Morgan fingerprint density at radius 1 is 0.885 bits per heavy atom. The van der Waals surface area contributed by atoms with Crippen molar-refractivity contribution < 1.29 is 14.3 Å². The maximum absolute atomic E-state index is 12.6. The van der Waals surface area contributed by atoms with Gasteiger partial charge in [0.25, 0.3) is 0 Å². The first kappa shape index (κ1) is 18.3. The molecule has 0 saturated carbocycles. The Labute approximate surface area is 155 Å². The van der Waals surface area contributed by atoms with E-state index >= 15 is 0 Å². The molecule has 1 fully saturated rings. The third-order valence-electron chi connectivity index (χ3n) is 4.78. The molecule has 5 heteroatoms. The van der Waals surface area contributed by atoms with E-state index in [1.807, 2.05) is 29.2 Å². The smallest absolute Gasteiger partial charge is 0.227 e. The third-order valence-corrected chi connectivity index (χ3v) is 4.78. The molecule has 138 valence electrons. The number of amides is 1. The van der Waals surface area contributed by atoms with Crippen molar-refractivity contribution in [1.29, 1.82) is 0 Å². The Hall–Kier alpha value is -2.53. The zero-order valence-electron chi connectivity index (χ0n) is 15.5. The lowest BCUT2D eigenvalue weighted by atomic mass is 10.1. The largest absolute Gasteiger partial charge is 0.493 e. The van der Waals surface area contributed by atoms with Crippen LogP contribution in [0.15, 0.2) is 48.5 Å². The molecule has 3 rings (SSSR count). The molecule has 0 unspecified atom stereocenters. The molecule has 0 aromatic heterocycles. The summed E-state index contributed by atoms with van der Waals surface area (Å²) in [7, 11) is 3.22. The molecule has 0 N–H and O–H groups in total. The Kier molecular flexibility index (Phi) is 6.12. The summed E-state index contributed by atoms with van der Waals surface area (Å²) in [4.78, 5) is 17.0. The number of benzene rings is 2. The highest BCUT2D eigenvalue weighted by Crippen LogP contribution is 2.27. The normalized spacial score (nSPS) is 14.9. The second-order valence-corrected chi connectivity index (χ2v) is 6.51. The Bertz CT molecular complexity index is 725. The Morgan fingerprint density at radius 2 is 1.58 bits per heavy atom. The fourth-order valence-electron chi connectivity index (χ4n) is 3.27. The number of carbonyl (C=O) groups excluding carboxylic acids is 1. The van der Waals surface area contributed by atoms with E-state index in [4.69, 9.17) is 9.47 Å². The molecule has 1 aliphatic rings. The van der Waals surface area contributed by atoms with E-state index in [0.29, 0.717) is 17.9 Å². The van der Waals surface area contributed by atoms with E-state index in [1.165, 1.54) is 5.56 Å². The first-order chi connectivity index (χ1) is 12.7. The standard InChI is InChI=1S/C21H26N2O3/c1-25-19-9-8-18(14-20(19)26-2)15-21(24)23-12-10-22(11-13-23)16-17-6-4-3-5-7-17/h3-9,14H,10-13,15-16H2,1-2H3. The summed E-state index contributed by atoms with van der Waals surface area (Å²) in [5.74, 6) is 1.50. The van der Waals surface area contributed by atoms with Gasteiger partial charge in [0.1, 0.15) is 0 Å². The van der Waals surface area contributed by atoms with Gasteiger partial charge in [-0.1, -0.05) is 36.4 Å². The average molecular weight is 354 g/mol. The maximum atomic E-state index is 12.6. The van der Waals surface area contributed by atoms with Crippen LogP contribution in [0, 0.1) is 0 Å². The number of rotatable bonds is 6. The summed E-state index contributed by atoms with van der Waals surface area (Å²) in [5.41, 5.74) is 2.26. The van der Waals surface area contributed by atoms with Crippen LogP contribution in [-0.2, 0) is 17.8 Å². The van der Waals surface area contributed by atoms with Crippen LogP contribution < -0.4 is 9.47 Å². The first-order valence-corrected chi connectivity index (χ1v) is 8.94. The van der Waals surface area contributed by atoms with Crippen molar-refractivity contribution in [3.8, 4) is 11.5 Å². The van der Waals surface area contributed by atoms with Crippen molar-refractivity contribution in [3.05, 3.63) is 59.7 Å². The number of ether oxygens (including phenoxy) is 2. The molecule has 1 heterocycles. The van der Waals surface area contributed by atoms with E-state index in [-0.39, 0.29) is 5.91 Å². The summed E-state index contributed by atoms with van der Waals surface area (Å²) in [6.07, 6.45) is 0.388. The monoisotopic (exact) mass is 354 g/mol. The highest BCUT2D eigenvalue weighted by Gasteiger charge is 2.21. The van der Waals surface area contributed by atoms with Crippen LogP contribution in [0.2, 0.25) is 0 Å². The van der Waals surface area contributed by atoms with Gasteiger partial charge in [0.05, 0.1) is 20.6 Å². The third kappa shape index (κ3) is 4.55. The molecule has 2 aromatic carbocycles. The zero-order valence-corrected chi connectivity index (χ0v) is 15.5. The second kappa shape index (κ2) is 8.72. The van der Waals surface area contributed by atoms with Gasteiger partial charge >= 0.3 is 0 Å². The van der Waals surface area contributed by atoms with Crippen LogP contribution in [0.1, 0.15) is 11.1 Å². The van der Waals surface area contributed by atoms with E-state index in [9.17, 15) is 4.79 Å². The highest BCUT2D eigenvalue weighted by atomic mass is 16.5. The molecular weight excluding hydrogens is 328 g/mol. The molecule has 0 aliphatic carbocycles. The molecule has 26 heavy (non-hydrogen) atoms. The molecule has 1 amide bonds. The van der Waals surface area contributed by atoms with Crippen LogP contribution in [0.5, 0.6) is 11.5 Å². The molecule has 0 bridgehead atoms. The highest BCUT2D eigenvalue weighted by molar-refractivity contribution is 5.79. The SMILES string of the molecule is COc1ccc(CC(=O)N2CCN(Cc3ccccc3)CC2)cc1OC. The number of hydrogen-bond donors (Lipinski definition) is 0. The summed E-state index contributed by atoms with van der Waals surface area (Å²) < 4.78 is 10.6. The lowest BCUT2D eigenvalue weighted by Gasteiger charge is -2.34. The molecule has 1 aliphatic heterocycles. The van der Waals surface area contributed by atoms with E-state index in [2.05, 4.69) is 29.2 Å². The van der Waals surface area contributed by atoms with E-state index in [1.54, 1.807) is 14.2 Å².